The quantitative estimate of drug-likeness (QED) is 0.806. The van der Waals surface area contributed by atoms with E-state index in [2.05, 4.69) is 21.8 Å². The van der Waals surface area contributed by atoms with Crippen molar-refractivity contribution in [1.29, 1.82) is 0 Å². The van der Waals surface area contributed by atoms with Gasteiger partial charge in [0.25, 0.3) is 0 Å². The van der Waals surface area contributed by atoms with Crippen LogP contribution in [0.1, 0.15) is 19.8 Å². The summed E-state index contributed by atoms with van der Waals surface area (Å²) in [6.07, 6.45) is 3.19. The smallest absolute Gasteiger partial charge is 0.222 e. The van der Waals surface area contributed by atoms with E-state index in [-0.39, 0.29) is 11.8 Å². The average molecular weight is 255 g/mol. The average Bonchev–Trinajstić information content (AvgIpc) is 2.29. The molecule has 6 heteroatoms. The Kier molecular flexibility index (Phi) is 3.47. The number of halogens is 1. The van der Waals surface area contributed by atoms with Crippen molar-refractivity contribution in [1.82, 2.24) is 9.97 Å². The lowest BCUT2D eigenvalue weighted by Crippen LogP contribution is -2.46. The van der Waals surface area contributed by atoms with Crippen molar-refractivity contribution >= 4 is 23.3 Å². The van der Waals surface area contributed by atoms with Gasteiger partial charge in [0.15, 0.2) is 0 Å². The molecule has 2 atom stereocenters. The molecule has 1 aromatic heterocycles. The molecule has 0 aliphatic carbocycles. The number of hydrogen-bond donors (Lipinski definition) is 1. The standard InChI is InChI=1S/C11H15ClN4O/c1-7-2-3-8(11(13)17)5-16(7)10-4-9(12)14-6-15-10/h4,6-8H,2-3,5H2,1H3,(H2,13,17). The van der Waals surface area contributed by atoms with Gasteiger partial charge in [-0.25, -0.2) is 9.97 Å². The molecule has 2 N–H and O–H groups in total. The lowest BCUT2D eigenvalue weighted by Gasteiger charge is -2.37. The van der Waals surface area contributed by atoms with Gasteiger partial charge in [0.2, 0.25) is 5.91 Å². The topological polar surface area (TPSA) is 72.1 Å². The fourth-order valence-electron chi connectivity index (χ4n) is 2.14. The molecule has 0 aromatic carbocycles. The molecule has 2 heterocycles. The fraction of sp³-hybridized carbons (Fsp3) is 0.545. The fourth-order valence-corrected chi connectivity index (χ4v) is 2.28. The number of rotatable bonds is 2. The third-order valence-corrected chi connectivity index (χ3v) is 3.40. The van der Waals surface area contributed by atoms with Gasteiger partial charge >= 0.3 is 0 Å². The maximum Gasteiger partial charge on any atom is 0.222 e. The number of carbonyl (C=O) groups excluding carboxylic acids is 1. The lowest BCUT2D eigenvalue weighted by atomic mass is 9.93. The van der Waals surface area contributed by atoms with Crippen molar-refractivity contribution in [3.05, 3.63) is 17.5 Å². The Morgan fingerprint density at radius 3 is 2.94 bits per heavy atom. The number of amides is 1. The first-order chi connectivity index (χ1) is 8.08. The molecule has 1 aromatic rings. The highest BCUT2D eigenvalue weighted by Gasteiger charge is 2.29. The molecular formula is C11H15ClN4O. The van der Waals surface area contributed by atoms with Gasteiger partial charge in [0, 0.05) is 18.7 Å². The number of carbonyl (C=O) groups is 1. The third-order valence-electron chi connectivity index (χ3n) is 3.20. The Morgan fingerprint density at radius 1 is 1.53 bits per heavy atom. The van der Waals surface area contributed by atoms with E-state index in [9.17, 15) is 4.79 Å². The summed E-state index contributed by atoms with van der Waals surface area (Å²) in [4.78, 5) is 21.3. The molecule has 1 amide bonds. The molecule has 0 spiro atoms. The molecule has 0 radical (unpaired) electrons. The molecule has 1 saturated heterocycles. The van der Waals surface area contributed by atoms with Crippen LogP contribution in [-0.2, 0) is 4.79 Å². The van der Waals surface area contributed by atoms with E-state index in [0.29, 0.717) is 17.7 Å². The second-order valence-electron chi connectivity index (χ2n) is 4.38. The second kappa shape index (κ2) is 4.87. The van der Waals surface area contributed by atoms with Crippen LogP contribution in [0.15, 0.2) is 12.4 Å². The van der Waals surface area contributed by atoms with Crippen LogP contribution in [0.5, 0.6) is 0 Å². The van der Waals surface area contributed by atoms with Crippen molar-refractivity contribution in [3.63, 3.8) is 0 Å². The molecule has 1 aliphatic heterocycles. The first kappa shape index (κ1) is 12.1. The van der Waals surface area contributed by atoms with Gasteiger partial charge in [-0.05, 0) is 19.8 Å². The number of aromatic nitrogens is 2. The van der Waals surface area contributed by atoms with Crippen molar-refractivity contribution in [2.45, 2.75) is 25.8 Å². The van der Waals surface area contributed by atoms with E-state index in [1.54, 1.807) is 6.07 Å². The third kappa shape index (κ3) is 2.66. The Hall–Kier alpha value is -1.36. The zero-order valence-electron chi connectivity index (χ0n) is 9.64. The van der Waals surface area contributed by atoms with Crippen LogP contribution in [0.3, 0.4) is 0 Å². The lowest BCUT2D eigenvalue weighted by molar-refractivity contribution is -0.122. The molecule has 17 heavy (non-hydrogen) atoms. The van der Waals surface area contributed by atoms with E-state index in [1.807, 2.05) is 0 Å². The molecule has 92 valence electrons. The summed E-state index contributed by atoms with van der Waals surface area (Å²) < 4.78 is 0. The largest absolute Gasteiger partial charge is 0.369 e. The summed E-state index contributed by atoms with van der Waals surface area (Å²) in [5.74, 6) is 0.394. The molecule has 0 saturated carbocycles. The Morgan fingerprint density at radius 2 is 2.29 bits per heavy atom. The number of nitrogens with two attached hydrogens (primary N) is 1. The minimum atomic E-state index is -0.248. The van der Waals surface area contributed by atoms with Crippen molar-refractivity contribution in [2.75, 3.05) is 11.4 Å². The molecule has 2 rings (SSSR count). The highest BCUT2D eigenvalue weighted by molar-refractivity contribution is 6.29. The van der Waals surface area contributed by atoms with Gasteiger partial charge in [-0.15, -0.1) is 0 Å². The molecule has 1 fully saturated rings. The maximum atomic E-state index is 11.2. The summed E-state index contributed by atoms with van der Waals surface area (Å²) in [6, 6.07) is 2.04. The van der Waals surface area contributed by atoms with E-state index < -0.39 is 0 Å². The first-order valence-electron chi connectivity index (χ1n) is 5.61. The summed E-state index contributed by atoms with van der Waals surface area (Å²) in [7, 11) is 0. The molecule has 2 unspecified atom stereocenters. The first-order valence-corrected chi connectivity index (χ1v) is 5.99. The minimum Gasteiger partial charge on any atom is -0.369 e. The molecule has 0 bridgehead atoms. The highest BCUT2D eigenvalue weighted by Crippen LogP contribution is 2.26. The van der Waals surface area contributed by atoms with Crippen LogP contribution in [0.4, 0.5) is 5.82 Å². The Balaban J connectivity index is 2.20. The van der Waals surface area contributed by atoms with Crippen LogP contribution >= 0.6 is 11.6 Å². The van der Waals surface area contributed by atoms with Gasteiger partial charge in [0.05, 0.1) is 5.92 Å². The highest BCUT2D eigenvalue weighted by atomic mass is 35.5. The van der Waals surface area contributed by atoms with Crippen LogP contribution < -0.4 is 10.6 Å². The van der Waals surface area contributed by atoms with Gasteiger partial charge in [-0.1, -0.05) is 11.6 Å². The van der Waals surface area contributed by atoms with Gasteiger partial charge in [0.1, 0.15) is 17.3 Å². The minimum absolute atomic E-state index is 0.111. The van der Waals surface area contributed by atoms with Gasteiger partial charge < -0.3 is 10.6 Å². The number of piperidine rings is 1. The normalized spacial score (nSPS) is 24.7. The Bertz CT molecular complexity index is 426. The van der Waals surface area contributed by atoms with Crippen LogP contribution in [-0.4, -0.2) is 28.5 Å². The summed E-state index contributed by atoms with van der Waals surface area (Å²) >= 11 is 5.84. The van der Waals surface area contributed by atoms with Crippen molar-refractivity contribution < 1.29 is 4.79 Å². The summed E-state index contributed by atoms with van der Waals surface area (Å²) in [5, 5.41) is 0.406. The van der Waals surface area contributed by atoms with E-state index >= 15 is 0 Å². The van der Waals surface area contributed by atoms with Crippen LogP contribution in [0.2, 0.25) is 5.15 Å². The monoisotopic (exact) mass is 254 g/mol. The predicted molar refractivity (Wildman–Crippen MR) is 65.8 cm³/mol. The molecule has 1 aliphatic rings. The number of primary amides is 1. The zero-order valence-corrected chi connectivity index (χ0v) is 10.4. The van der Waals surface area contributed by atoms with E-state index in [4.69, 9.17) is 17.3 Å². The van der Waals surface area contributed by atoms with Crippen molar-refractivity contribution in [2.24, 2.45) is 11.7 Å². The Labute approximate surface area is 105 Å². The second-order valence-corrected chi connectivity index (χ2v) is 4.76. The zero-order chi connectivity index (χ0) is 12.4. The van der Waals surface area contributed by atoms with E-state index in [1.165, 1.54) is 6.33 Å². The van der Waals surface area contributed by atoms with Gasteiger partial charge in [-0.2, -0.15) is 0 Å². The molecular weight excluding hydrogens is 240 g/mol. The number of hydrogen-bond acceptors (Lipinski definition) is 4. The van der Waals surface area contributed by atoms with Crippen molar-refractivity contribution in [3.8, 4) is 0 Å². The summed E-state index contributed by atoms with van der Waals surface area (Å²) in [5.41, 5.74) is 5.36. The predicted octanol–water partition coefficient (Wildman–Crippen LogP) is 1.22. The number of anilines is 1. The van der Waals surface area contributed by atoms with Crippen LogP contribution in [0.25, 0.3) is 0 Å². The maximum absolute atomic E-state index is 11.2. The van der Waals surface area contributed by atoms with Crippen LogP contribution in [0, 0.1) is 5.92 Å². The van der Waals surface area contributed by atoms with Gasteiger partial charge in [-0.3, -0.25) is 4.79 Å². The number of nitrogens with zero attached hydrogens (tertiary/aromatic N) is 3. The summed E-state index contributed by atoms with van der Waals surface area (Å²) in [6.45, 7) is 2.71. The SMILES string of the molecule is CC1CCC(C(N)=O)CN1c1cc(Cl)ncn1. The molecule has 5 nitrogen and oxygen atoms in total. The van der Waals surface area contributed by atoms with E-state index in [0.717, 1.165) is 18.7 Å².